The van der Waals surface area contributed by atoms with Gasteiger partial charge in [-0.3, -0.25) is 4.99 Å². The largest absolute Gasteiger partial charge is 0.382 e. The summed E-state index contributed by atoms with van der Waals surface area (Å²) in [5.74, 6) is 1.71. The van der Waals surface area contributed by atoms with Gasteiger partial charge in [-0.15, -0.1) is 0 Å². The maximum Gasteiger partial charge on any atom is 0.190 e. The Kier molecular flexibility index (Phi) is 12.0. The monoisotopic (exact) mass is 315 g/mol. The third kappa shape index (κ3) is 11.8. The van der Waals surface area contributed by atoms with Crippen molar-refractivity contribution in [2.75, 3.05) is 60.3 Å². The van der Waals surface area contributed by atoms with Crippen LogP contribution in [0.5, 0.6) is 0 Å². The Balaban J connectivity index is 1.82. The van der Waals surface area contributed by atoms with E-state index in [1.54, 1.807) is 14.2 Å². The first-order chi connectivity index (χ1) is 10.9. The number of rotatable bonds is 14. The first-order valence-electron chi connectivity index (χ1n) is 8.45. The van der Waals surface area contributed by atoms with Gasteiger partial charge in [-0.25, -0.2) is 0 Å². The summed E-state index contributed by atoms with van der Waals surface area (Å²) in [4.78, 5) is 4.21. The van der Waals surface area contributed by atoms with Crippen LogP contribution in [0.1, 0.15) is 32.1 Å². The summed E-state index contributed by atoms with van der Waals surface area (Å²) in [5, 5.41) is 6.61. The van der Waals surface area contributed by atoms with E-state index in [0.717, 1.165) is 64.1 Å². The molecule has 0 spiro atoms. The minimum Gasteiger partial charge on any atom is -0.382 e. The molecule has 6 heteroatoms. The van der Waals surface area contributed by atoms with Gasteiger partial charge in [0.05, 0.1) is 13.2 Å². The highest BCUT2D eigenvalue weighted by atomic mass is 16.5. The van der Waals surface area contributed by atoms with E-state index in [9.17, 15) is 0 Å². The molecule has 0 aliphatic heterocycles. The molecule has 130 valence electrons. The Morgan fingerprint density at radius 1 is 0.955 bits per heavy atom. The Morgan fingerprint density at radius 2 is 1.68 bits per heavy atom. The average molecular weight is 315 g/mol. The molecule has 0 aromatic rings. The van der Waals surface area contributed by atoms with E-state index in [0.29, 0.717) is 13.2 Å². The van der Waals surface area contributed by atoms with Crippen molar-refractivity contribution in [1.82, 2.24) is 10.6 Å². The number of methoxy groups -OCH3 is 1. The lowest BCUT2D eigenvalue weighted by Gasteiger charge is -2.12. The van der Waals surface area contributed by atoms with Crippen molar-refractivity contribution in [2.24, 2.45) is 10.9 Å². The summed E-state index contributed by atoms with van der Waals surface area (Å²) in [7, 11) is 3.48. The lowest BCUT2D eigenvalue weighted by Crippen LogP contribution is -2.38. The molecule has 0 radical (unpaired) electrons. The lowest BCUT2D eigenvalue weighted by molar-refractivity contribution is 0.0689. The SMILES string of the molecule is CN=C(NCCCCOCCOC)NCCCOCC1CC1. The highest BCUT2D eigenvalue weighted by Gasteiger charge is 2.20. The Hall–Kier alpha value is -0.850. The summed E-state index contributed by atoms with van der Waals surface area (Å²) in [6.07, 6.45) is 5.83. The van der Waals surface area contributed by atoms with E-state index < -0.39 is 0 Å². The summed E-state index contributed by atoms with van der Waals surface area (Å²) >= 11 is 0. The smallest absolute Gasteiger partial charge is 0.190 e. The zero-order valence-electron chi connectivity index (χ0n) is 14.2. The quantitative estimate of drug-likeness (QED) is 0.288. The molecule has 6 nitrogen and oxygen atoms in total. The molecule has 22 heavy (non-hydrogen) atoms. The molecule has 0 amide bonds. The van der Waals surface area contributed by atoms with E-state index >= 15 is 0 Å². The zero-order valence-corrected chi connectivity index (χ0v) is 14.2. The van der Waals surface area contributed by atoms with Crippen molar-refractivity contribution in [1.29, 1.82) is 0 Å². The van der Waals surface area contributed by atoms with Crippen LogP contribution in [0.3, 0.4) is 0 Å². The number of hydrogen-bond donors (Lipinski definition) is 2. The first-order valence-corrected chi connectivity index (χ1v) is 8.45. The Bertz CT molecular complexity index is 284. The molecule has 0 saturated heterocycles. The van der Waals surface area contributed by atoms with Crippen molar-refractivity contribution in [2.45, 2.75) is 32.1 Å². The van der Waals surface area contributed by atoms with Gasteiger partial charge in [0, 0.05) is 47.1 Å². The highest BCUT2D eigenvalue weighted by Crippen LogP contribution is 2.28. The average Bonchev–Trinajstić information content (AvgIpc) is 3.35. The van der Waals surface area contributed by atoms with Crippen LogP contribution < -0.4 is 10.6 Å². The van der Waals surface area contributed by atoms with Gasteiger partial charge < -0.3 is 24.8 Å². The van der Waals surface area contributed by atoms with Crippen LogP contribution in [0.25, 0.3) is 0 Å². The number of hydrogen-bond acceptors (Lipinski definition) is 4. The van der Waals surface area contributed by atoms with E-state index in [2.05, 4.69) is 15.6 Å². The molecule has 0 unspecified atom stereocenters. The van der Waals surface area contributed by atoms with Crippen LogP contribution in [0.2, 0.25) is 0 Å². The lowest BCUT2D eigenvalue weighted by atomic mass is 10.3. The molecule has 0 aromatic heterocycles. The molecular weight excluding hydrogens is 282 g/mol. The molecule has 0 bridgehead atoms. The van der Waals surface area contributed by atoms with Gasteiger partial charge in [-0.1, -0.05) is 0 Å². The topological polar surface area (TPSA) is 64.1 Å². The normalized spacial score (nSPS) is 15.1. The predicted molar refractivity (Wildman–Crippen MR) is 89.5 cm³/mol. The van der Waals surface area contributed by atoms with Gasteiger partial charge in [0.1, 0.15) is 0 Å². The second-order valence-corrected chi connectivity index (χ2v) is 5.61. The van der Waals surface area contributed by atoms with Crippen molar-refractivity contribution < 1.29 is 14.2 Å². The second kappa shape index (κ2) is 13.8. The van der Waals surface area contributed by atoms with Crippen molar-refractivity contribution in [3.8, 4) is 0 Å². The Labute approximate surface area is 135 Å². The van der Waals surface area contributed by atoms with Crippen LogP contribution in [0, 0.1) is 5.92 Å². The molecule has 1 aliphatic rings. The van der Waals surface area contributed by atoms with Gasteiger partial charge in [0.15, 0.2) is 5.96 Å². The molecule has 0 atom stereocenters. The number of nitrogens with one attached hydrogen (secondary N) is 2. The van der Waals surface area contributed by atoms with Crippen LogP contribution in [-0.2, 0) is 14.2 Å². The maximum absolute atomic E-state index is 5.60. The summed E-state index contributed by atoms with van der Waals surface area (Å²) < 4.78 is 15.9. The summed E-state index contributed by atoms with van der Waals surface area (Å²) in [6, 6.07) is 0. The second-order valence-electron chi connectivity index (χ2n) is 5.61. The third-order valence-corrected chi connectivity index (χ3v) is 3.47. The summed E-state index contributed by atoms with van der Waals surface area (Å²) in [6.45, 7) is 5.71. The molecule has 2 N–H and O–H groups in total. The Morgan fingerprint density at radius 3 is 2.36 bits per heavy atom. The van der Waals surface area contributed by atoms with Crippen LogP contribution in [0.15, 0.2) is 4.99 Å². The predicted octanol–water partition coefficient (Wildman–Crippen LogP) is 1.41. The molecule has 0 aromatic carbocycles. The van der Waals surface area contributed by atoms with Gasteiger partial charge in [0.2, 0.25) is 0 Å². The zero-order chi connectivity index (χ0) is 15.9. The molecule has 1 rings (SSSR count). The van der Waals surface area contributed by atoms with Crippen molar-refractivity contribution >= 4 is 5.96 Å². The van der Waals surface area contributed by atoms with Crippen LogP contribution >= 0.6 is 0 Å². The molecule has 0 heterocycles. The number of ether oxygens (including phenoxy) is 3. The van der Waals surface area contributed by atoms with Gasteiger partial charge in [-0.05, 0) is 38.0 Å². The van der Waals surface area contributed by atoms with Crippen molar-refractivity contribution in [3.05, 3.63) is 0 Å². The van der Waals surface area contributed by atoms with Gasteiger partial charge >= 0.3 is 0 Å². The fraction of sp³-hybridized carbons (Fsp3) is 0.938. The molecule has 1 saturated carbocycles. The first kappa shape index (κ1) is 19.2. The number of guanidine groups is 1. The summed E-state index contributed by atoms with van der Waals surface area (Å²) in [5.41, 5.74) is 0. The van der Waals surface area contributed by atoms with E-state index in [1.807, 2.05) is 0 Å². The third-order valence-electron chi connectivity index (χ3n) is 3.47. The number of aliphatic imine (C=N–C) groups is 1. The van der Waals surface area contributed by atoms with Crippen LogP contribution in [0.4, 0.5) is 0 Å². The van der Waals surface area contributed by atoms with E-state index in [4.69, 9.17) is 14.2 Å². The fourth-order valence-electron chi connectivity index (χ4n) is 1.92. The number of nitrogens with zero attached hydrogens (tertiary/aromatic N) is 1. The van der Waals surface area contributed by atoms with E-state index in [1.165, 1.54) is 12.8 Å². The number of unbranched alkanes of at least 4 members (excludes halogenated alkanes) is 1. The van der Waals surface area contributed by atoms with Gasteiger partial charge in [-0.2, -0.15) is 0 Å². The van der Waals surface area contributed by atoms with Crippen molar-refractivity contribution in [3.63, 3.8) is 0 Å². The molecule has 1 aliphatic carbocycles. The van der Waals surface area contributed by atoms with E-state index in [-0.39, 0.29) is 0 Å². The highest BCUT2D eigenvalue weighted by molar-refractivity contribution is 5.79. The molecule has 1 fully saturated rings. The standard InChI is InChI=1S/C16H33N3O3/c1-17-16(18-8-3-4-10-21-13-12-20-2)19-9-5-11-22-14-15-6-7-15/h15H,3-14H2,1-2H3,(H2,17,18,19). The maximum atomic E-state index is 5.60. The van der Waals surface area contributed by atoms with Crippen LogP contribution in [-0.4, -0.2) is 66.2 Å². The minimum atomic E-state index is 0.666. The minimum absolute atomic E-state index is 0.666. The van der Waals surface area contributed by atoms with Gasteiger partial charge in [0.25, 0.3) is 0 Å². The molecular formula is C16H33N3O3. The fourth-order valence-corrected chi connectivity index (χ4v) is 1.92.